The molecule has 20 heavy (non-hydrogen) atoms. The van der Waals surface area contributed by atoms with Crippen molar-refractivity contribution in [3.63, 3.8) is 0 Å². The first kappa shape index (κ1) is 15.0. The third-order valence-corrected chi connectivity index (χ3v) is 5.56. The normalized spacial score (nSPS) is 41.2. The highest BCUT2D eigenvalue weighted by Gasteiger charge is 2.58. The molecule has 4 atom stereocenters. The second-order valence-electron chi connectivity index (χ2n) is 6.66. The number of hydrogen-bond donors (Lipinski definition) is 3. The highest BCUT2D eigenvalue weighted by atomic mass is 16.4. The smallest absolute Gasteiger partial charge is 0.332 e. The van der Waals surface area contributed by atoms with E-state index in [1.807, 2.05) is 6.92 Å². The Bertz CT molecular complexity index is 494. The fourth-order valence-corrected chi connectivity index (χ4v) is 4.38. The summed E-state index contributed by atoms with van der Waals surface area (Å²) in [6.07, 6.45) is 1.33. The maximum atomic E-state index is 11.7. The summed E-state index contributed by atoms with van der Waals surface area (Å²) in [5.74, 6) is -2.29. The van der Waals surface area contributed by atoms with Crippen molar-refractivity contribution in [3.8, 4) is 0 Å². The van der Waals surface area contributed by atoms with E-state index in [1.54, 1.807) is 13.8 Å². The Morgan fingerprint density at radius 3 is 2.30 bits per heavy atom. The zero-order valence-corrected chi connectivity index (χ0v) is 12.1. The van der Waals surface area contributed by atoms with Gasteiger partial charge in [0.2, 0.25) is 0 Å². The molecule has 0 heterocycles. The Hall–Kier alpha value is -1.36. The van der Waals surface area contributed by atoms with Crippen LogP contribution >= 0.6 is 0 Å². The van der Waals surface area contributed by atoms with Gasteiger partial charge in [-0.05, 0) is 44.6 Å². The van der Waals surface area contributed by atoms with Crippen LogP contribution in [0.1, 0.15) is 46.5 Å². The number of hydrogen-bond acceptors (Lipinski definition) is 3. The van der Waals surface area contributed by atoms with Gasteiger partial charge in [0.05, 0.1) is 11.5 Å². The second kappa shape index (κ2) is 4.58. The Morgan fingerprint density at radius 2 is 1.80 bits per heavy atom. The second-order valence-corrected chi connectivity index (χ2v) is 6.66. The van der Waals surface area contributed by atoms with Gasteiger partial charge in [-0.1, -0.05) is 13.3 Å². The molecule has 2 rings (SSSR count). The van der Waals surface area contributed by atoms with Gasteiger partial charge in [0.1, 0.15) is 0 Å². The van der Waals surface area contributed by atoms with Crippen LogP contribution in [0, 0.1) is 16.7 Å². The third kappa shape index (κ3) is 1.87. The quantitative estimate of drug-likeness (QED) is 0.720. The molecule has 1 saturated carbocycles. The van der Waals surface area contributed by atoms with Crippen molar-refractivity contribution in [2.75, 3.05) is 0 Å². The van der Waals surface area contributed by atoms with E-state index >= 15 is 0 Å². The lowest BCUT2D eigenvalue weighted by atomic mass is 9.49. The van der Waals surface area contributed by atoms with Gasteiger partial charge in [-0.25, -0.2) is 4.79 Å². The zero-order chi connectivity index (χ0) is 15.3. The minimum atomic E-state index is -1.04. The summed E-state index contributed by atoms with van der Waals surface area (Å²) in [4.78, 5) is 23.3. The molecule has 3 N–H and O–H groups in total. The standard InChI is InChI=1S/C15H22O5/c1-8-9(16)7-10-14(2,11(8)12(17)18)5-4-6-15(10,3)13(19)20/h9-10,16H,4-7H2,1-3H3,(H,17,18)(H,19,20)/t9-,10-,14+,15+/m1/s1. The summed E-state index contributed by atoms with van der Waals surface area (Å²) in [5, 5.41) is 29.3. The Kier molecular flexibility index (Phi) is 3.45. The van der Waals surface area contributed by atoms with E-state index in [9.17, 15) is 24.9 Å². The Balaban J connectivity index is 2.61. The van der Waals surface area contributed by atoms with Gasteiger partial charge in [-0.3, -0.25) is 4.79 Å². The summed E-state index contributed by atoms with van der Waals surface area (Å²) in [6, 6.07) is 0. The van der Waals surface area contributed by atoms with Crippen molar-refractivity contribution >= 4 is 11.9 Å². The number of aliphatic hydroxyl groups is 1. The molecule has 0 saturated heterocycles. The molecule has 0 aromatic rings. The topological polar surface area (TPSA) is 94.8 Å². The average molecular weight is 282 g/mol. The van der Waals surface area contributed by atoms with E-state index < -0.39 is 28.9 Å². The molecule has 2 aliphatic carbocycles. The van der Waals surface area contributed by atoms with E-state index in [4.69, 9.17) is 0 Å². The van der Waals surface area contributed by atoms with E-state index in [-0.39, 0.29) is 11.5 Å². The van der Waals surface area contributed by atoms with Crippen LogP contribution in [-0.4, -0.2) is 33.4 Å². The molecule has 0 unspecified atom stereocenters. The van der Waals surface area contributed by atoms with Crippen LogP contribution in [-0.2, 0) is 9.59 Å². The van der Waals surface area contributed by atoms with Gasteiger partial charge in [0, 0.05) is 11.0 Å². The molecule has 2 aliphatic rings. The van der Waals surface area contributed by atoms with Crippen LogP contribution in [0.2, 0.25) is 0 Å². The predicted molar refractivity (Wildman–Crippen MR) is 72.2 cm³/mol. The largest absolute Gasteiger partial charge is 0.481 e. The van der Waals surface area contributed by atoms with Crippen LogP contribution in [0.25, 0.3) is 0 Å². The molecule has 0 bridgehead atoms. The van der Waals surface area contributed by atoms with Gasteiger partial charge in [0.25, 0.3) is 0 Å². The molecule has 0 aromatic heterocycles. The molecule has 0 aliphatic heterocycles. The molecule has 5 nitrogen and oxygen atoms in total. The van der Waals surface area contributed by atoms with Crippen molar-refractivity contribution < 1.29 is 24.9 Å². The summed E-state index contributed by atoms with van der Waals surface area (Å²) in [5.41, 5.74) is -0.963. The monoisotopic (exact) mass is 282 g/mol. The number of carboxylic acid groups (broad SMARTS) is 2. The highest BCUT2D eigenvalue weighted by Crippen LogP contribution is 2.59. The lowest BCUT2D eigenvalue weighted by molar-refractivity contribution is -0.162. The van der Waals surface area contributed by atoms with Crippen molar-refractivity contribution in [2.24, 2.45) is 16.7 Å². The van der Waals surface area contributed by atoms with Gasteiger partial charge in [0.15, 0.2) is 0 Å². The lowest BCUT2D eigenvalue weighted by Gasteiger charge is -2.54. The summed E-state index contributed by atoms with van der Waals surface area (Å²) < 4.78 is 0. The zero-order valence-electron chi connectivity index (χ0n) is 12.1. The van der Waals surface area contributed by atoms with Crippen LogP contribution in [0.5, 0.6) is 0 Å². The van der Waals surface area contributed by atoms with Crippen molar-refractivity contribution in [2.45, 2.75) is 52.6 Å². The molecule has 5 heteroatoms. The first-order chi connectivity index (χ1) is 9.14. The van der Waals surface area contributed by atoms with E-state index in [2.05, 4.69) is 0 Å². The fraction of sp³-hybridized carbons (Fsp3) is 0.733. The van der Waals surface area contributed by atoms with Crippen molar-refractivity contribution in [3.05, 3.63) is 11.1 Å². The number of aliphatic hydroxyl groups excluding tert-OH is 1. The minimum Gasteiger partial charge on any atom is -0.481 e. The third-order valence-electron chi connectivity index (χ3n) is 5.56. The molecule has 0 radical (unpaired) electrons. The molecular weight excluding hydrogens is 260 g/mol. The van der Waals surface area contributed by atoms with Crippen molar-refractivity contribution in [1.82, 2.24) is 0 Å². The fourth-order valence-electron chi connectivity index (χ4n) is 4.38. The van der Waals surface area contributed by atoms with Gasteiger partial charge >= 0.3 is 11.9 Å². The Labute approximate surface area is 118 Å². The lowest BCUT2D eigenvalue weighted by Crippen LogP contribution is -2.53. The molecular formula is C15H22O5. The summed E-state index contributed by atoms with van der Waals surface area (Å²) in [7, 11) is 0. The summed E-state index contributed by atoms with van der Waals surface area (Å²) >= 11 is 0. The molecule has 0 aromatic carbocycles. The minimum absolute atomic E-state index is 0.216. The number of rotatable bonds is 2. The maximum absolute atomic E-state index is 11.7. The first-order valence-corrected chi connectivity index (χ1v) is 7.00. The van der Waals surface area contributed by atoms with Crippen LogP contribution in [0.4, 0.5) is 0 Å². The first-order valence-electron chi connectivity index (χ1n) is 7.00. The number of carboxylic acids is 2. The maximum Gasteiger partial charge on any atom is 0.332 e. The number of fused-ring (bicyclic) bond motifs is 1. The van der Waals surface area contributed by atoms with Gasteiger partial charge in [-0.15, -0.1) is 0 Å². The van der Waals surface area contributed by atoms with Crippen LogP contribution in [0.15, 0.2) is 11.1 Å². The molecule has 112 valence electrons. The molecule has 0 spiro atoms. The van der Waals surface area contributed by atoms with E-state index in [0.29, 0.717) is 31.3 Å². The van der Waals surface area contributed by atoms with Gasteiger partial charge in [-0.2, -0.15) is 0 Å². The van der Waals surface area contributed by atoms with Crippen LogP contribution in [0.3, 0.4) is 0 Å². The van der Waals surface area contributed by atoms with Gasteiger partial charge < -0.3 is 15.3 Å². The number of aliphatic carboxylic acids is 2. The molecule has 1 fully saturated rings. The van der Waals surface area contributed by atoms with E-state index in [0.717, 1.165) is 0 Å². The SMILES string of the molecule is CC1=C(C(=O)O)[C@@]2(C)CCC[C@](C)(C(=O)O)[C@@H]2C[C@H]1O. The number of carbonyl (C=O) groups is 2. The van der Waals surface area contributed by atoms with Crippen molar-refractivity contribution in [1.29, 1.82) is 0 Å². The average Bonchev–Trinajstić information content (AvgIpc) is 2.32. The highest BCUT2D eigenvalue weighted by molar-refractivity contribution is 5.90. The molecule has 0 amide bonds. The van der Waals surface area contributed by atoms with E-state index in [1.165, 1.54) is 0 Å². The van der Waals surface area contributed by atoms with Crippen LogP contribution < -0.4 is 0 Å². The summed E-state index contributed by atoms with van der Waals surface area (Å²) in [6.45, 7) is 5.17. The Morgan fingerprint density at radius 1 is 1.20 bits per heavy atom. The predicted octanol–water partition coefficient (Wildman–Crippen LogP) is 2.05.